The third-order valence-electron chi connectivity index (χ3n) is 4.12. The molecule has 0 radical (unpaired) electrons. The molecule has 1 fully saturated rings. The molecule has 24 heavy (non-hydrogen) atoms. The van der Waals surface area contributed by atoms with E-state index in [1.165, 1.54) is 5.56 Å². The molecule has 1 aliphatic rings. The molecule has 2 heterocycles. The summed E-state index contributed by atoms with van der Waals surface area (Å²) < 4.78 is 10.9. The van der Waals surface area contributed by atoms with Crippen molar-refractivity contribution in [1.29, 1.82) is 0 Å². The Kier molecular flexibility index (Phi) is 5.80. The molecule has 0 atom stereocenters. The summed E-state index contributed by atoms with van der Waals surface area (Å²) in [5, 5.41) is 0. The zero-order valence-electron chi connectivity index (χ0n) is 14.0. The Morgan fingerprint density at radius 1 is 1.12 bits per heavy atom. The highest BCUT2D eigenvalue weighted by Gasteiger charge is 2.20. The number of aromatic nitrogens is 2. The van der Waals surface area contributed by atoms with Crippen molar-refractivity contribution in [3.8, 4) is 11.8 Å². The van der Waals surface area contributed by atoms with E-state index in [1.54, 1.807) is 19.5 Å². The Labute approximate surface area is 143 Å². The van der Waals surface area contributed by atoms with Crippen LogP contribution >= 0.6 is 0 Å². The van der Waals surface area contributed by atoms with E-state index < -0.39 is 0 Å². The van der Waals surface area contributed by atoms with Crippen molar-refractivity contribution in [2.45, 2.75) is 18.9 Å². The van der Waals surface area contributed by atoms with Crippen LogP contribution in [0.15, 0.2) is 48.8 Å². The van der Waals surface area contributed by atoms with Crippen LogP contribution in [0.1, 0.15) is 18.4 Å². The van der Waals surface area contributed by atoms with E-state index in [4.69, 9.17) is 9.47 Å². The second kappa shape index (κ2) is 8.45. The molecule has 5 heteroatoms. The van der Waals surface area contributed by atoms with Gasteiger partial charge in [-0.2, -0.15) is 9.97 Å². The largest absolute Gasteiger partial charge is 0.494 e. The van der Waals surface area contributed by atoms with Gasteiger partial charge in [0.2, 0.25) is 0 Å². The van der Waals surface area contributed by atoms with Gasteiger partial charge in [0.15, 0.2) is 5.75 Å². The molecule has 5 nitrogen and oxygen atoms in total. The minimum absolute atomic E-state index is 0.188. The highest BCUT2D eigenvalue weighted by Crippen LogP contribution is 2.17. The van der Waals surface area contributed by atoms with Gasteiger partial charge in [-0.1, -0.05) is 42.5 Å². The Bertz CT molecular complexity index is 635. The first-order valence-corrected chi connectivity index (χ1v) is 8.30. The first-order chi connectivity index (χ1) is 11.8. The summed E-state index contributed by atoms with van der Waals surface area (Å²) in [7, 11) is 1.60. The quantitative estimate of drug-likeness (QED) is 0.817. The van der Waals surface area contributed by atoms with E-state index in [0.717, 1.165) is 32.5 Å². The van der Waals surface area contributed by atoms with Crippen LogP contribution in [-0.4, -0.2) is 47.7 Å². The SMILES string of the molecule is COc1cnc(OC2CCN(CC=Cc3ccccc3)CC2)nc1. The van der Waals surface area contributed by atoms with Gasteiger partial charge in [-0.15, -0.1) is 0 Å². The molecule has 0 aliphatic carbocycles. The highest BCUT2D eigenvalue weighted by atomic mass is 16.5. The Morgan fingerprint density at radius 3 is 2.50 bits per heavy atom. The lowest BCUT2D eigenvalue weighted by atomic mass is 10.1. The van der Waals surface area contributed by atoms with Gasteiger partial charge in [0.25, 0.3) is 0 Å². The predicted molar refractivity (Wildman–Crippen MR) is 94.2 cm³/mol. The van der Waals surface area contributed by atoms with Gasteiger partial charge in [-0.05, 0) is 18.4 Å². The third-order valence-corrected chi connectivity index (χ3v) is 4.12. The van der Waals surface area contributed by atoms with Crippen molar-refractivity contribution in [3.05, 3.63) is 54.4 Å². The summed E-state index contributed by atoms with van der Waals surface area (Å²) in [6.45, 7) is 3.03. The maximum atomic E-state index is 5.85. The lowest BCUT2D eigenvalue weighted by molar-refractivity contribution is 0.0983. The van der Waals surface area contributed by atoms with Gasteiger partial charge >= 0.3 is 6.01 Å². The topological polar surface area (TPSA) is 47.5 Å². The Balaban J connectivity index is 1.41. The monoisotopic (exact) mass is 325 g/mol. The van der Waals surface area contributed by atoms with Crippen LogP contribution in [-0.2, 0) is 0 Å². The van der Waals surface area contributed by atoms with Crippen LogP contribution < -0.4 is 9.47 Å². The van der Waals surface area contributed by atoms with Crippen LogP contribution in [0.3, 0.4) is 0 Å². The van der Waals surface area contributed by atoms with Crippen molar-refractivity contribution < 1.29 is 9.47 Å². The minimum atomic E-state index is 0.188. The zero-order valence-corrected chi connectivity index (χ0v) is 14.0. The molecule has 1 aromatic heterocycles. The van der Waals surface area contributed by atoms with Crippen molar-refractivity contribution in [2.24, 2.45) is 0 Å². The molecular weight excluding hydrogens is 302 g/mol. The maximum absolute atomic E-state index is 5.85. The zero-order chi connectivity index (χ0) is 16.6. The summed E-state index contributed by atoms with van der Waals surface area (Å²) in [5.41, 5.74) is 1.24. The van der Waals surface area contributed by atoms with Crippen molar-refractivity contribution in [1.82, 2.24) is 14.9 Å². The first kappa shape index (κ1) is 16.5. The number of benzene rings is 1. The van der Waals surface area contributed by atoms with Gasteiger partial charge in [-0.25, -0.2) is 0 Å². The number of hydrogen-bond acceptors (Lipinski definition) is 5. The van der Waals surface area contributed by atoms with Crippen LogP contribution in [0.5, 0.6) is 11.8 Å². The normalized spacial score (nSPS) is 16.4. The number of nitrogens with zero attached hydrogens (tertiary/aromatic N) is 3. The second-order valence-electron chi connectivity index (χ2n) is 5.84. The van der Waals surface area contributed by atoms with Gasteiger partial charge in [0.1, 0.15) is 6.10 Å². The molecule has 0 spiro atoms. The Morgan fingerprint density at radius 2 is 1.83 bits per heavy atom. The molecule has 0 N–H and O–H groups in total. The summed E-state index contributed by atoms with van der Waals surface area (Å²) in [5.74, 6) is 0.641. The van der Waals surface area contributed by atoms with Crippen LogP contribution in [0, 0.1) is 0 Å². The molecule has 0 bridgehead atoms. The lowest BCUT2D eigenvalue weighted by Gasteiger charge is -2.30. The summed E-state index contributed by atoms with van der Waals surface area (Å²) in [4.78, 5) is 10.8. The van der Waals surface area contributed by atoms with Crippen molar-refractivity contribution >= 4 is 6.08 Å². The summed E-state index contributed by atoms with van der Waals surface area (Å²) >= 11 is 0. The molecule has 1 saturated heterocycles. The average Bonchev–Trinajstić information content (AvgIpc) is 2.65. The number of hydrogen-bond donors (Lipinski definition) is 0. The molecular formula is C19H23N3O2. The molecule has 2 aromatic rings. The average molecular weight is 325 g/mol. The molecule has 1 aliphatic heterocycles. The molecule has 3 rings (SSSR count). The van der Waals surface area contributed by atoms with Crippen molar-refractivity contribution in [3.63, 3.8) is 0 Å². The van der Waals surface area contributed by atoms with Gasteiger partial charge in [0.05, 0.1) is 19.5 Å². The van der Waals surface area contributed by atoms with Gasteiger partial charge in [-0.3, -0.25) is 4.90 Å². The standard InChI is InChI=1S/C19H23N3O2/c1-23-18-14-20-19(21-15-18)24-17-9-12-22(13-10-17)11-5-8-16-6-3-2-4-7-16/h2-8,14-15,17H,9-13H2,1H3. The predicted octanol–water partition coefficient (Wildman–Crippen LogP) is 3.04. The van der Waals surface area contributed by atoms with E-state index in [-0.39, 0.29) is 6.10 Å². The van der Waals surface area contributed by atoms with Crippen molar-refractivity contribution in [2.75, 3.05) is 26.7 Å². The third kappa shape index (κ3) is 4.80. The number of likely N-dealkylation sites (tertiary alicyclic amines) is 1. The smallest absolute Gasteiger partial charge is 0.316 e. The van der Waals surface area contributed by atoms with Crippen LogP contribution in [0.25, 0.3) is 6.08 Å². The van der Waals surface area contributed by atoms with Crippen LogP contribution in [0.4, 0.5) is 0 Å². The number of piperidine rings is 1. The molecule has 0 unspecified atom stereocenters. The highest BCUT2D eigenvalue weighted by molar-refractivity contribution is 5.48. The molecule has 0 amide bonds. The van der Waals surface area contributed by atoms with E-state index >= 15 is 0 Å². The Hall–Kier alpha value is -2.40. The van der Waals surface area contributed by atoms with Gasteiger partial charge in [0, 0.05) is 19.6 Å². The summed E-state index contributed by atoms with van der Waals surface area (Å²) in [6.07, 6.45) is 9.84. The van der Waals surface area contributed by atoms with E-state index in [0.29, 0.717) is 11.8 Å². The number of methoxy groups -OCH3 is 1. The number of rotatable bonds is 6. The fourth-order valence-corrected chi connectivity index (χ4v) is 2.73. The minimum Gasteiger partial charge on any atom is -0.494 e. The van der Waals surface area contributed by atoms with E-state index in [1.807, 2.05) is 6.07 Å². The van der Waals surface area contributed by atoms with Gasteiger partial charge < -0.3 is 9.47 Å². The van der Waals surface area contributed by atoms with E-state index in [2.05, 4.69) is 51.3 Å². The second-order valence-corrected chi connectivity index (χ2v) is 5.84. The molecule has 1 aromatic carbocycles. The van der Waals surface area contributed by atoms with Crippen LogP contribution in [0.2, 0.25) is 0 Å². The summed E-state index contributed by atoms with van der Waals surface area (Å²) in [6, 6.07) is 10.8. The first-order valence-electron chi connectivity index (χ1n) is 8.30. The fraction of sp³-hybridized carbons (Fsp3) is 0.368. The molecule has 126 valence electrons. The number of ether oxygens (including phenoxy) is 2. The fourth-order valence-electron chi connectivity index (χ4n) is 2.73. The maximum Gasteiger partial charge on any atom is 0.316 e. The van der Waals surface area contributed by atoms with E-state index in [9.17, 15) is 0 Å². The molecule has 0 saturated carbocycles. The lowest BCUT2D eigenvalue weighted by Crippen LogP contribution is -2.38.